The minimum absolute atomic E-state index is 0.123. The van der Waals surface area contributed by atoms with Gasteiger partial charge in [-0.15, -0.1) is 0 Å². The van der Waals surface area contributed by atoms with Crippen LogP contribution in [0.3, 0.4) is 0 Å². The van der Waals surface area contributed by atoms with Crippen LogP contribution in [-0.4, -0.2) is 74.3 Å². The maximum absolute atomic E-state index is 14.0. The number of hydrogen-bond donors (Lipinski definition) is 4. The van der Waals surface area contributed by atoms with Gasteiger partial charge in [0.15, 0.2) is 0 Å². The number of nitrogens with one attached hydrogen (secondary N) is 3. The number of carbonyl (C=O) groups is 5. The van der Waals surface area contributed by atoms with Gasteiger partial charge in [-0.25, -0.2) is 9.78 Å². The molecule has 0 aliphatic carbocycles. The first-order valence-electron chi connectivity index (χ1n) is 17.7. The number of benzene rings is 3. The number of nitrogens with zero attached hydrogens (tertiary/aromatic N) is 2. The summed E-state index contributed by atoms with van der Waals surface area (Å²) in [5.74, 6) is -3.51. The number of alkyl carbamates (subject to hydrolysis) is 1. The Balaban J connectivity index is 1.72. The van der Waals surface area contributed by atoms with Gasteiger partial charge in [-0.3, -0.25) is 19.2 Å². The summed E-state index contributed by atoms with van der Waals surface area (Å²) in [5, 5.41) is 16.6. The second-order valence-corrected chi connectivity index (χ2v) is 14.8. The van der Waals surface area contributed by atoms with Crippen LogP contribution >= 0.6 is 0 Å². The Bertz CT molecular complexity index is 1790. The zero-order valence-corrected chi connectivity index (χ0v) is 31.5. The summed E-state index contributed by atoms with van der Waals surface area (Å²) in [6.07, 6.45) is 2.03. The normalized spacial score (nSPS) is 12.9. The van der Waals surface area contributed by atoms with E-state index >= 15 is 0 Å². The van der Waals surface area contributed by atoms with Crippen molar-refractivity contribution in [1.82, 2.24) is 25.5 Å². The van der Waals surface area contributed by atoms with Crippen molar-refractivity contribution in [2.45, 2.75) is 89.6 Å². The minimum atomic E-state index is -1.34. The largest absolute Gasteiger partial charge is 0.480 e. The Morgan fingerprint density at radius 2 is 1.20 bits per heavy atom. The smallest absolute Gasteiger partial charge is 0.408 e. The number of aromatic nitrogens is 2. The van der Waals surface area contributed by atoms with Crippen molar-refractivity contribution < 1.29 is 38.6 Å². The Labute approximate surface area is 315 Å². The molecule has 4 N–H and O–H groups in total. The number of carboxylic acids is 1. The molecule has 4 aromatic rings. The fourth-order valence-electron chi connectivity index (χ4n) is 5.99. The molecule has 0 radical (unpaired) electrons. The number of esters is 1. The van der Waals surface area contributed by atoms with E-state index in [4.69, 9.17) is 19.6 Å². The maximum Gasteiger partial charge on any atom is 0.408 e. The fourth-order valence-corrected chi connectivity index (χ4v) is 5.99. The van der Waals surface area contributed by atoms with Gasteiger partial charge in [0.05, 0.1) is 12.0 Å². The number of ether oxygens (including phenoxy) is 2. The minimum Gasteiger partial charge on any atom is -0.480 e. The summed E-state index contributed by atoms with van der Waals surface area (Å²) in [6, 6.07) is 27.2. The van der Waals surface area contributed by atoms with Crippen molar-refractivity contribution in [1.29, 1.82) is 0 Å². The van der Waals surface area contributed by atoms with Crippen LogP contribution in [0.4, 0.5) is 4.79 Å². The first kappa shape index (κ1) is 40.8. The molecule has 1 heterocycles. The van der Waals surface area contributed by atoms with Gasteiger partial charge in [0.25, 0.3) is 0 Å². The van der Waals surface area contributed by atoms with E-state index in [0.29, 0.717) is 5.69 Å². The van der Waals surface area contributed by atoms with Gasteiger partial charge in [-0.05, 0) is 64.7 Å². The molecule has 0 fully saturated rings. The quantitative estimate of drug-likeness (QED) is 0.0969. The number of rotatable bonds is 15. The standard InChI is InChI=1S/C41H49N5O8/c1-39(2,3)53-35(49)23-22-32(36(50)42-25-34(47)48)44-37(51)33(45-38(52)54-40(4,5)6)24-31-26-46(27-43-31)41(28-16-10-7-11-17-28,29-18-12-8-13-19-29)30-20-14-9-15-21-30/h7-21,26-27,32-33H,22-25H2,1-6H3,(H,42,50)(H,44,51)(H,45,52)(H,47,48)/t32-,33-/m0/s1. The van der Waals surface area contributed by atoms with Gasteiger partial charge in [0.1, 0.15) is 35.4 Å². The van der Waals surface area contributed by atoms with Crippen molar-refractivity contribution in [3.8, 4) is 0 Å². The lowest BCUT2D eigenvalue weighted by Gasteiger charge is -2.37. The van der Waals surface area contributed by atoms with Crippen LogP contribution in [0, 0.1) is 0 Å². The zero-order chi connectivity index (χ0) is 39.5. The molecule has 1 aromatic heterocycles. The van der Waals surface area contributed by atoms with Crippen LogP contribution in [0.15, 0.2) is 104 Å². The fraction of sp³-hybridized carbons (Fsp3) is 0.366. The molecule has 286 valence electrons. The number of carboxylic acid groups (broad SMARTS) is 1. The van der Waals surface area contributed by atoms with Crippen LogP contribution in [0.1, 0.15) is 76.8 Å². The molecule has 13 heteroatoms. The highest BCUT2D eigenvalue weighted by atomic mass is 16.6. The lowest BCUT2D eigenvalue weighted by molar-refractivity contribution is -0.155. The summed E-state index contributed by atoms with van der Waals surface area (Å²) < 4.78 is 12.8. The number of amides is 3. The van der Waals surface area contributed by atoms with Crippen molar-refractivity contribution in [3.05, 3.63) is 126 Å². The highest BCUT2D eigenvalue weighted by molar-refractivity contribution is 5.92. The average Bonchev–Trinajstić information content (AvgIpc) is 3.57. The molecule has 3 aromatic carbocycles. The SMILES string of the molecule is CC(C)(C)OC(=O)CC[C@H](NC(=O)[C@H](Cc1cn(C(c2ccccc2)(c2ccccc2)c2ccccc2)cn1)NC(=O)OC(C)(C)C)C(=O)NCC(=O)O. The Hall–Kier alpha value is -5.98. The molecular formula is C41H49N5O8. The lowest BCUT2D eigenvalue weighted by atomic mass is 9.77. The molecule has 0 aliphatic heterocycles. The third kappa shape index (κ3) is 11.3. The Morgan fingerprint density at radius 3 is 1.67 bits per heavy atom. The first-order valence-corrected chi connectivity index (χ1v) is 17.7. The van der Waals surface area contributed by atoms with Crippen LogP contribution in [0.25, 0.3) is 0 Å². The lowest BCUT2D eigenvalue weighted by Crippen LogP contribution is -2.55. The molecule has 2 atom stereocenters. The van der Waals surface area contributed by atoms with E-state index in [2.05, 4.69) is 16.0 Å². The molecule has 13 nitrogen and oxygen atoms in total. The number of hydrogen-bond acceptors (Lipinski definition) is 8. The average molecular weight is 740 g/mol. The molecule has 0 aliphatic rings. The molecule has 0 unspecified atom stereocenters. The van der Waals surface area contributed by atoms with Crippen LogP contribution in [0.5, 0.6) is 0 Å². The third-order valence-corrected chi connectivity index (χ3v) is 8.12. The monoisotopic (exact) mass is 739 g/mol. The van der Waals surface area contributed by atoms with Gasteiger partial charge in [0.2, 0.25) is 11.8 Å². The second kappa shape index (κ2) is 17.7. The van der Waals surface area contributed by atoms with Gasteiger partial charge in [-0.2, -0.15) is 0 Å². The van der Waals surface area contributed by atoms with Crippen molar-refractivity contribution in [2.24, 2.45) is 0 Å². The molecule has 54 heavy (non-hydrogen) atoms. The first-order chi connectivity index (χ1) is 25.5. The van der Waals surface area contributed by atoms with Crippen LogP contribution in [-0.2, 0) is 40.6 Å². The predicted molar refractivity (Wildman–Crippen MR) is 201 cm³/mol. The summed E-state index contributed by atoms with van der Waals surface area (Å²) >= 11 is 0. The van der Waals surface area contributed by atoms with Crippen LogP contribution in [0.2, 0.25) is 0 Å². The van der Waals surface area contributed by atoms with Gasteiger partial charge in [-0.1, -0.05) is 91.0 Å². The number of aliphatic carboxylic acids is 1. The third-order valence-electron chi connectivity index (χ3n) is 8.12. The maximum atomic E-state index is 14.0. The summed E-state index contributed by atoms with van der Waals surface area (Å²) in [5.41, 5.74) is 0.722. The summed E-state index contributed by atoms with van der Waals surface area (Å²) in [4.78, 5) is 68.7. The molecule has 4 rings (SSSR count). The molecular weight excluding hydrogens is 690 g/mol. The van der Waals surface area contributed by atoms with E-state index in [0.717, 1.165) is 16.7 Å². The van der Waals surface area contributed by atoms with E-state index < -0.39 is 65.2 Å². The van der Waals surface area contributed by atoms with E-state index in [1.165, 1.54) is 0 Å². The van der Waals surface area contributed by atoms with Crippen LogP contribution < -0.4 is 16.0 Å². The highest BCUT2D eigenvalue weighted by Crippen LogP contribution is 2.40. The van der Waals surface area contributed by atoms with Crippen molar-refractivity contribution >= 4 is 29.8 Å². The zero-order valence-electron chi connectivity index (χ0n) is 31.5. The Kier molecular flexibility index (Phi) is 13.4. The van der Waals surface area contributed by atoms with Gasteiger partial charge >= 0.3 is 18.0 Å². The van der Waals surface area contributed by atoms with E-state index in [1.807, 2.05) is 102 Å². The summed E-state index contributed by atoms with van der Waals surface area (Å²) in [6.45, 7) is 9.42. The number of carbonyl (C=O) groups excluding carboxylic acids is 4. The molecule has 0 saturated carbocycles. The second-order valence-electron chi connectivity index (χ2n) is 14.8. The number of imidazole rings is 1. The molecule has 0 saturated heterocycles. The molecule has 3 amide bonds. The predicted octanol–water partition coefficient (Wildman–Crippen LogP) is 4.97. The van der Waals surface area contributed by atoms with E-state index in [9.17, 15) is 24.0 Å². The van der Waals surface area contributed by atoms with E-state index in [-0.39, 0.29) is 19.3 Å². The van der Waals surface area contributed by atoms with Gasteiger partial charge in [0, 0.05) is 19.0 Å². The summed E-state index contributed by atoms with van der Waals surface area (Å²) in [7, 11) is 0. The van der Waals surface area contributed by atoms with Gasteiger partial charge < -0.3 is 35.1 Å². The van der Waals surface area contributed by atoms with Crippen molar-refractivity contribution in [2.75, 3.05) is 6.54 Å². The molecule has 0 spiro atoms. The topological polar surface area (TPSA) is 178 Å². The van der Waals surface area contributed by atoms with E-state index in [1.54, 1.807) is 47.9 Å². The molecule has 0 bridgehead atoms. The Morgan fingerprint density at radius 1 is 0.704 bits per heavy atom. The van der Waals surface area contributed by atoms with Crippen molar-refractivity contribution in [3.63, 3.8) is 0 Å². The highest BCUT2D eigenvalue weighted by Gasteiger charge is 2.39.